The Kier molecular flexibility index (Phi) is 3.66. The number of rotatable bonds is 3. The van der Waals surface area contributed by atoms with Crippen molar-refractivity contribution in [2.75, 3.05) is 5.73 Å². The molecule has 0 unspecified atom stereocenters. The summed E-state index contributed by atoms with van der Waals surface area (Å²) in [5.41, 5.74) is 5.36. The summed E-state index contributed by atoms with van der Waals surface area (Å²) in [6.07, 6.45) is -4.43. The molecule has 7 nitrogen and oxygen atoms in total. The summed E-state index contributed by atoms with van der Waals surface area (Å²) in [6, 6.07) is 4.76. The number of nitrogens with one attached hydrogen (secondary N) is 2. The number of H-pyrrole nitrogens is 1. The maximum atomic E-state index is 12.8. The third-order valence-electron chi connectivity index (χ3n) is 3.57. The van der Waals surface area contributed by atoms with E-state index in [1.54, 1.807) is 7.05 Å². The first-order chi connectivity index (χ1) is 11.3. The third kappa shape index (κ3) is 2.90. The molecule has 3 rings (SSSR count). The quantitative estimate of drug-likeness (QED) is 0.678. The second-order valence-electron chi connectivity index (χ2n) is 5.18. The van der Waals surface area contributed by atoms with Crippen LogP contribution in [0.5, 0.6) is 0 Å². The van der Waals surface area contributed by atoms with Crippen LogP contribution in [0.2, 0.25) is 0 Å². The lowest BCUT2D eigenvalue weighted by Crippen LogP contribution is -2.25. The number of nitrogens with zero attached hydrogens (tertiary/aromatic N) is 3. The highest BCUT2D eigenvalue weighted by molar-refractivity contribution is 5.98. The Hall–Kier alpha value is -3.04. The lowest BCUT2D eigenvalue weighted by Gasteiger charge is -2.07. The standard InChI is InChI=1S/C14H13F3N6O/c1-23-9-3-2-8(14(15,16)17)4-7(9)5-10(23)12(24)19-6-11-20-13(18)22-21-11/h2-5H,6H2,1H3,(H,19,24)(H3,18,20,21,22). The Morgan fingerprint density at radius 1 is 1.38 bits per heavy atom. The molecular formula is C14H13F3N6O. The molecule has 0 aliphatic heterocycles. The lowest BCUT2D eigenvalue weighted by atomic mass is 10.1. The van der Waals surface area contributed by atoms with Crippen molar-refractivity contribution in [1.82, 2.24) is 25.1 Å². The molecule has 1 amide bonds. The van der Waals surface area contributed by atoms with E-state index in [0.29, 0.717) is 16.7 Å². The van der Waals surface area contributed by atoms with E-state index in [1.165, 1.54) is 16.7 Å². The van der Waals surface area contributed by atoms with Crippen molar-refractivity contribution < 1.29 is 18.0 Å². The molecule has 0 saturated heterocycles. The van der Waals surface area contributed by atoms with E-state index >= 15 is 0 Å². The second-order valence-corrected chi connectivity index (χ2v) is 5.18. The number of nitrogen functional groups attached to an aromatic ring is 1. The van der Waals surface area contributed by atoms with E-state index in [9.17, 15) is 18.0 Å². The molecule has 0 bridgehead atoms. The van der Waals surface area contributed by atoms with Crippen LogP contribution in [0.4, 0.5) is 19.1 Å². The van der Waals surface area contributed by atoms with Crippen molar-refractivity contribution in [2.45, 2.75) is 12.7 Å². The lowest BCUT2D eigenvalue weighted by molar-refractivity contribution is -0.137. The molecule has 10 heteroatoms. The molecule has 0 spiro atoms. The number of fused-ring (bicyclic) bond motifs is 1. The molecule has 126 valence electrons. The summed E-state index contributed by atoms with van der Waals surface area (Å²) < 4.78 is 39.9. The first kappa shape index (κ1) is 15.8. The summed E-state index contributed by atoms with van der Waals surface area (Å²) in [4.78, 5) is 16.1. The molecule has 0 atom stereocenters. The minimum absolute atomic E-state index is 0.0588. The molecule has 0 radical (unpaired) electrons. The van der Waals surface area contributed by atoms with Gasteiger partial charge in [0.15, 0.2) is 0 Å². The van der Waals surface area contributed by atoms with Crippen LogP contribution in [0.1, 0.15) is 21.9 Å². The summed E-state index contributed by atoms with van der Waals surface area (Å²) in [5.74, 6) is -0.0141. The topological polar surface area (TPSA) is 102 Å². The van der Waals surface area contributed by atoms with Crippen LogP contribution in [0.25, 0.3) is 10.9 Å². The molecule has 0 aliphatic rings. The van der Waals surface area contributed by atoms with Gasteiger partial charge in [-0.15, -0.1) is 5.10 Å². The van der Waals surface area contributed by atoms with Gasteiger partial charge < -0.3 is 15.6 Å². The number of hydrogen-bond acceptors (Lipinski definition) is 4. The van der Waals surface area contributed by atoms with Crippen molar-refractivity contribution in [2.24, 2.45) is 7.05 Å². The first-order valence-electron chi connectivity index (χ1n) is 6.87. The number of amides is 1. The molecule has 0 aliphatic carbocycles. The molecule has 1 aromatic carbocycles. The van der Waals surface area contributed by atoms with E-state index in [0.717, 1.165) is 12.1 Å². The van der Waals surface area contributed by atoms with Crippen molar-refractivity contribution >= 4 is 22.8 Å². The number of hydrogen-bond donors (Lipinski definition) is 3. The van der Waals surface area contributed by atoms with Crippen LogP contribution in [0.15, 0.2) is 24.3 Å². The van der Waals surface area contributed by atoms with Crippen LogP contribution in [0.3, 0.4) is 0 Å². The smallest absolute Gasteiger partial charge is 0.367 e. The number of carbonyl (C=O) groups is 1. The number of anilines is 1. The van der Waals surface area contributed by atoms with Crippen LogP contribution < -0.4 is 11.1 Å². The van der Waals surface area contributed by atoms with Gasteiger partial charge in [0.25, 0.3) is 5.91 Å². The zero-order valence-electron chi connectivity index (χ0n) is 12.5. The molecule has 2 heterocycles. The number of carbonyl (C=O) groups excluding carboxylic acids is 1. The van der Waals surface area contributed by atoms with Crippen LogP contribution in [-0.2, 0) is 19.8 Å². The minimum atomic E-state index is -4.43. The molecule has 3 aromatic rings. The van der Waals surface area contributed by atoms with Crippen LogP contribution in [-0.4, -0.2) is 25.7 Å². The van der Waals surface area contributed by atoms with E-state index in [4.69, 9.17) is 5.73 Å². The van der Waals surface area contributed by atoms with E-state index < -0.39 is 17.6 Å². The van der Waals surface area contributed by atoms with Gasteiger partial charge in [-0.2, -0.15) is 18.2 Å². The monoisotopic (exact) mass is 338 g/mol. The van der Waals surface area contributed by atoms with E-state index in [1.807, 2.05) is 0 Å². The molecule has 0 saturated carbocycles. The predicted molar refractivity (Wildman–Crippen MR) is 79.9 cm³/mol. The fourth-order valence-electron chi connectivity index (χ4n) is 2.39. The predicted octanol–water partition coefficient (Wildman–Crippen LogP) is 1.83. The number of nitrogens with two attached hydrogens (primary N) is 1. The van der Waals surface area contributed by atoms with Gasteiger partial charge in [-0.3, -0.25) is 9.89 Å². The third-order valence-corrected chi connectivity index (χ3v) is 3.57. The van der Waals surface area contributed by atoms with E-state index in [2.05, 4.69) is 20.5 Å². The average Bonchev–Trinajstić information content (AvgIpc) is 3.07. The fourth-order valence-corrected chi connectivity index (χ4v) is 2.39. The zero-order valence-corrected chi connectivity index (χ0v) is 12.5. The summed E-state index contributed by atoms with van der Waals surface area (Å²) >= 11 is 0. The Bertz CT molecular complexity index is 911. The van der Waals surface area contributed by atoms with Gasteiger partial charge in [-0.05, 0) is 24.3 Å². The highest BCUT2D eigenvalue weighted by Gasteiger charge is 2.30. The average molecular weight is 338 g/mol. The first-order valence-corrected chi connectivity index (χ1v) is 6.87. The molecule has 4 N–H and O–H groups in total. The van der Waals surface area contributed by atoms with Crippen molar-refractivity contribution in [1.29, 1.82) is 0 Å². The van der Waals surface area contributed by atoms with Gasteiger partial charge in [0, 0.05) is 18.0 Å². The number of aromatic amines is 1. The number of alkyl halides is 3. The normalized spacial score (nSPS) is 11.8. The van der Waals surface area contributed by atoms with Crippen LogP contribution >= 0.6 is 0 Å². The van der Waals surface area contributed by atoms with Crippen molar-refractivity contribution in [3.63, 3.8) is 0 Å². The van der Waals surface area contributed by atoms with Gasteiger partial charge in [0.1, 0.15) is 11.5 Å². The van der Waals surface area contributed by atoms with Gasteiger partial charge in [-0.25, -0.2) is 0 Å². The Morgan fingerprint density at radius 3 is 2.75 bits per heavy atom. The molecule has 0 fully saturated rings. The van der Waals surface area contributed by atoms with Gasteiger partial charge >= 0.3 is 6.18 Å². The van der Waals surface area contributed by atoms with Crippen LogP contribution in [0, 0.1) is 0 Å². The zero-order chi connectivity index (χ0) is 17.5. The second kappa shape index (κ2) is 5.55. The Balaban J connectivity index is 1.86. The summed E-state index contributed by atoms with van der Waals surface area (Å²) in [7, 11) is 1.61. The SMILES string of the molecule is Cn1c(C(=O)NCc2nc(N)n[nH]2)cc2cc(C(F)(F)F)ccc21. The molecular weight excluding hydrogens is 325 g/mol. The maximum absolute atomic E-state index is 12.8. The maximum Gasteiger partial charge on any atom is 0.416 e. The number of halogens is 3. The Morgan fingerprint density at radius 2 is 2.12 bits per heavy atom. The summed E-state index contributed by atoms with van der Waals surface area (Å²) in [6.45, 7) is 0.0678. The molecule has 2 aromatic heterocycles. The minimum Gasteiger partial charge on any atom is -0.367 e. The van der Waals surface area contributed by atoms with E-state index in [-0.39, 0.29) is 18.2 Å². The van der Waals surface area contributed by atoms with Crippen molar-refractivity contribution in [3.05, 3.63) is 41.3 Å². The molecule has 24 heavy (non-hydrogen) atoms. The largest absolute Gasteiger partial charge is 0.416 e. The number of aromatic nitrogens is 4. The van der Waals surface area contributed by atoms with Gasteiger partial charge in [-0.1, -0.05) is 0 Å². The van der Waals surface area contributed by atoms with Gasteiger partial charge in [0.2, 0.25) is 5.95 Å². The summed E-state index contributed by atoms with van der Waals surface area (Å²) in [5, 5.41) is 9.11. The van der Waals surface area contributed by atoms with Gasteiger partial charge in [0.05, 0.1) is 12.1 Å². The Labute approximate surface area is 133 Å². The highest BCUT2D eigenvalue weighted by Crippen LogP contribution is 2.32. The number of benzene rings is 1. The van der Waals surface area contributed by atoms with Crippen molar-refractivity contribution in [3.8, 4) is 0 Å². The fraction of sp³-hybridized carbons (Fsp3) is 0.214. The highest BCUT2D eigenvalue weighted by atomic mass is 19.4. The number of aryl methyl sites for hydroxylation is 1.